The topological polar surface area (TPSA) is 52.0 Å². The second kappa shape index (κ2) is 3.45. The highest BCUT2D eigenvalue weighted by molar-refractivity contribution is 7.85. The van der Waals surface area contributed by atoms with Crippen LogP contribution in [0, 0.1) is 0 Å². The SMILES string of the molecule is CC(C)n1nccc1CS(=O)(=O)F. The fourth-order valence-corrected chi connectivity index (χ4v) is 1.68. The van der Waals surface area contributed by atoms with Crippen molar-refractivity contribution < 1.29 is 12.3 Å². The molecule has 0 amide bonds. The first-order chi connectivity index (χ1) is 5.90. The van der Waals surface area contributed by atoms with Gasteiger partial charge in [0.25, 0.3) is 0 Å². The zero-order chi connectivity index (χ0) is 10.1. The van der Waals surface area contributed by atoms with Crippen molar-refractivity contribution in [3.05, 3.63) is 18.0 Å². The van der Waals surface area contributed by atoms with Crippen LogP contribution in [-0.4, -0.2) is 18.2 Å². The molecule has 0 radical (unpaired) electrons. The summed E-state index contributed by atoms with van der Waals surface area (Å²) >= 11 is 0. The molecule has 1 aromatic rings. The maximum atomic E-state index is 12.3. The van der Waals surface area contributed by atoms with Crippen molar-refractivity contribution in [1.82, 2.24) is 9.78 Å². The van der Waals surface area contributed by atoms with E-state index in [1.54, 1.807) is 0 Å². The van der Waals surface area contributed by atoms with Crippen molar-refractivity contribution in [1.29, 1.82) is 0 Å². The molecule has 0 saturated carbocycles. The highest BCUT2D eigenvalue weighted by Gasteiger charge is 2.14. The van der Waals surface area contributed by atoms with Gasteiger partial charge in [-0.05, 0) is 19.9 Å². The van der Waals surface area contributed by atoms with Crippen LogP contribution in [0.4, 0.5) is 3.89 Å². The van der Waals surface area contributed by atoms with E-state index < -0.39 is 16.0 Å². The summed E-state index contributed by atoms with van der Waals surface area (Å²) in [5.41, 5.74) is 0.373. The summed E-state index contributed by atoms with van der Waals surface area (Å²) in [5, 5.41) is 3.89. The summed E-state index contributed by atoms with van der Waals surface area (Å²) in [5.74, 6) is -0.606. The molecule has 0 fully saturated rings. The van der Waals surface area contributed by atoms with Crippen LogP contribution in [0.25, 0.3) is 0 Å². The van der Waals surface area contributed by atoms with Gasteiger partial charge in [-0.3, -0.25) is 4.68 Å². The Labute approximate surface area is 76.6 Å². The predicted molar refractivity (Wildman–Crippen MR) is 46.3 cm³/mol. The van der Waals surface area contributed by atoms with Crippen LogP contribution in [0.5, 0.6) is 0 Å². The summed E-state index contributed by atoms with van der Waals surface area (Å²) in [7, 11) is -4.46. The molecule has 0 unspecified atom stereocenters. The Balaban J connectivity index is 2.96. The molecule has 0 bridgehead atoms. The fraction of sp³-hybridized carbons (Fsp3) is 0.571. The van der Waals surface area contributed by atoms with Crippen molar-refractivity contribution >= 4 is 10.2 Å². The van der Waals surface area contributed by atoms with Crippen molar-refractivity contribution in [2.75, 3.05) is 0 Å². The van der Waals surface area contributed by atoms with Crippen molar-refractivity contribution in [2.24, 2.45) is 0 Å². The van der Waals surface area contributed by atoms with Gasteiger partial charge in [0.2, 0.25) is 0 Å². The standard InChI is InChI=1S/C7H11FN2O2S/c1-6(2)10-7(3-4-9-10)5-13(8,11)12/h3-4,6H,5H2,1-2H3. The Morgan fingerprint density at radius 2 is 2.23 bits per heavy atom. The Morgan fingerprint density at radius 1 is 1.62 bits per heavy atom. The van der Waals surface area contributed by atoms with Gasteiger partial charge in [-0.1, -0.05) is 0 Å². The maximum absolute atomic E-state index is 12.3. The normalized spacial score (nSPS) is 12.3. The molecule has 6 heteroatoms. The first-order valence-corrected chi connectivity index (χ1v) is 5.40. The van der Waals surface area contributed by atoms with Crippen LogP contribution in [0.2, 0.25) is 0 Å². The van der Waals surface area contributed by atoms with Gasteiger partial charge in [0, 0.05) is 12.2 Å². The van der Waals surface area contributed by atoms with E-state index in [4.69, 9.17) is 0 Å². The molecule has 74 valence electrons. The minimum absolute atomic E-state index is 0.0340. The minimum Gasteiger partial charge on any atom is -0.266 e. The van der Waals surface area contributed by atoms with E-state index >= 15 is 0 Å². The van der Waals surface area contributed by atoms with Crippen molar-refractivity contribution in [2.45, 2.75) is 25.6 Å². The van der Waals surface area contributed by atoms with Gasteiger partial charge in [-0.2, -0.15) is 13.5 Å². The molecule has 0 saturated heterocycles. The molecular weight excluding hydrogens is 195 g/mol. The highest BCUT2D eigenvalue weighted by Crippen LogP contribution is 2.11. The van der Waals surface area contributed by atoms with Crippen LogP contribution < -0.4 is 0 Å². The second-order valence-electron chi connectivity index (χ2n) is 3.04. The lowest BCUT2D eigenvalue weighted by Crippen LogP contribution is -2.09. The first-order valence-electron chi connectivity index (χ1n) is 3.85. The highest BCUT2D eigenvalue weighted by atomic mass is 32.3. The summed E-state index contributed by atoms with van der Waals surface area (Å²) in [4.78, 5) is 0. The number of nitrogens with zero attached hydrogens (tertiary/aromatic N) is 2. The summed E-state index contributed by atoms with van der Waals surface area (Å²) in [6.45, 7) is 3.70. The molecule has 1 heterocycles. The third-order valence-electron chi connectivity index (χ3n) is 1.56. The molecule has 0 aliphatic rings. The van der Waals surface area contributed by atoms with Gasteiger partial charge in [0.05, 0.1) is 5.69 Å². The molecule has 4 nitrogen and oxygen atoms in total. The lowest BCUT2D eigenvalue weighted by molar-refractivity contribution is 0.508. The number of hydrogen-bond acceptors (Lipinski definition) is 3. The molecule has 0 aliphatic carbocycles. The number of halogens is 1. The number of hydrogen-bond donors (Lipinski definition) is 0. The summed E-state index contributed by atoms with van der Waals surface area (Å²) in [6.07, 6.45) is 1.46. The first kappa shape index (κ1) is 10.2. The lowest BCUT2D eigenvalue weighted by Gasteiger charge is -2.08. The van der Waals surface area contributed by atoms with Crippen molar-refractivity contribution in [3.8, 4) is 0 Å². The second-order valence-corrected chi connectivity index (χ2v) is 4.41. The fourth-order valence-electron chi connectivity index (χ4n) is 1.10. The molecule has 0 spiro atoms. The number of aromatic nitrogens is 2. The third-order valence-corrected chi connectivity index (χ3v) is 2.20. The Morgan fingerprint density at radius 3 is 2.69 bits per heavy atom. The molecule has 0 aliphatic heterocycles. The Kier molecular flexibility index (Phi) is 2.70. The smallest absolute Gasteiger partial charge is 0.266 e. The molecule has 0 atom stereocenters. The van der Waals surface area contributed by atoms with Crippen molar-refractivity contribution in [3.63, 3.8) is 0 Å². The van der Waals surface area contributed by atoms with Gasteiger partial charge >= 0.3 is 10.2 Å². The van der Waals surface area contributed by atoms with E-state index in [1.165, 1.54) is 16.9 Å². The van der Waals surface area contributed by atoms with Gasteiger partial charge in [-0.15, -0.1) is 3.89 Å². The minimum atomic E-state index is -4.46. The monoisotopic (exact) mass is 206 g/mol. The van der Waals surface area contributed by atoms with E-state index in [1.807, 2.05) is 13.8 Å². The van der Waals surface area contributed by atoms with Crippen LogP contribution in [0.15, 0.2) is 12.3 Å². The van der Waals surface area contributed by atoms with Gasteiger partial charge in [0.15, 0.2) is 0 Å². The molecule has 13 heavy (non-hydrogen) atoms. The summed E-state index contributed by atoms with van der Waals surface area (Å²) < 4.78 is 34.5. The zero-order valence-corrected chi connectivity index (χ0v) is 8.25. The Bertz CT molecular complexity index is 383. The summed E-state index contributed by atoms with van der Waals surface area (Å²) in [6, 6.07) is 1.53. The molecule has 0 N–H and O–H groups in total. The molecule has 0 aromatic carbocycles. The van der Waals surface area contributed by atoms with E-state index in [9.17, 15) is 12.3 Å². The quantitative estimate of drug-likeness (QED) is 0.700. The maximum Gasteiger partial charge on any atom is 0.308 e. The predicted octanol–water partition coefficient (Wildman–Crippen LogP) is 1.26. The largest absolute Gasteiger partial charge is 0.308 e. The van der Waals surface area contributed by atoms with E-state index in [0.717, 1.165) is 0 Å². The lowest BCUT2D eigenvalue weighted by atomic mass is 10.4. The van der Waals surface area contributed by atoms with Crippen LogP contribution in [0.3, 0.4) is 0 Å². The molecule has 1 rings (SSSR count). The molecule has 1 aromatic heterocycles. The van der Waals surface area contributed by atoms with Gasteiger partial charge < -0.3 is 0 Å². The van der Waals surface area contributed by atoms with E-state index in [0.29, 0.717) is 5.69 Å². The zero-order valence-electron chi connectivity index (χ0n) is 7.44. The average molecular weight is 206 g/mol. The van der Waals surface area contributed by atoms with Gasteiger partial charge in [0.1, 0.15) is 5.75 Å². The van der Waals surface area contributed by atoms with Crippen LogP contribution in [0.1, 0.15) is 25.6 Å². The molecular formula is C7H11FN2O2S. The van der Waals surface area contributed by atoms with E-state index in [-0.39, 0.29) is 6.04 Å². The average Bonchev–Trinajstić information content (AvgIpc) is 2.31. The number of rotatable bonds is 3. The third kappa shape index (κ3) is 2.80. The van der Waals surface area contributed by atoms with E-state index in [2.05, 4.69) is 5.10 Å². The van der Waals surface area contributed by atoms with Gasteiger partial charge in [-0.25, -0.2) is 0 Å². The van der Waals surface area contributed by atoms with Crippen LogP contribution >= 0.6 is 0 Å². The Hall–Kier alpha value is -0.910. The van der Waals surface area contributed by atoms with Crippen LogP contribution in [-0.2, 0) is 16.0 Å².